The number of nitrogens with zero attached hydrogens (tertiary/aromatic N) is 1. The van der Waals surface area contributed by atoms with E-state index in [2.05, 4.69) is 6.58 Å². The molecule has 1 aliphatic heterocycles. The molecule has 18 heavy (non-hydrogen) atoms. The minimum Gasteiger partial charge on any atom is -0.454 e. The van der Waals surface area contributed by atoms with Crippen LogP contribution in [0, 0.1) is 10.1 Å². The molecule has 1 aromatic carbocycles. The highest BCUT2D eigenvalue weighted by atomic mass is 35.5. The molecule has 0 bridgehead atoms. The van der Waals surface area contributed by atoms with Crippen molar-refractivity contribution in [3.63, 3.8) is 0 Å². The largest absolute Gasteiger partial charge is 0.454 e. The molecule has 0 fully saturated rings. The van der Waals surface area contributed by atoms with Gasteiger partial charge in [0.25, 0.3) is 5.69 Å². The number of rotatable bonds is 4. The van der Waals surface area contributed by atoms with Gasteiger partial charge >= 0.3 is 0 Å². The van der Waals surface area contributed by atoms with Crippen molar-refractivity contribution in [3.8, 4) is 11.5 Å². The van der Waals surface area contributed by atoms with Gasteiger partial charge in [-0.05, 0) is 12.5 Å². The van der Waals surface area contributed by atoms with Gasteiger partial charge in [0.05, 0.1) is 16.6 Å². The number of hydrogen-bond donors (Lipinski definition) is 1. The second-order valence-electron chi connectivity index (χ2n) is 3.65. The Morgan fingerprint density at radius 1 is 1.50 bits per heavy atom. The van der Waals surface area contributed by atoms with Crippen molar-refractivity contribution in [2.24, 2.45) is 5.73 Å². The molecule has 98 valence electrons. The van der Waals surface area contributed by atoms with E-state index >= 15 is 0 Å². The Morgan fingerprint density at radius 2 is 2.11 bits per heavy atom. The van der Waals surface area contributed by atoms with Crippen molar-refractivity contribution in [1.82, 2.24) is 0 Å². The molecule has 0 aliphatic carbocycles. The molecular formula is C11H13ClN2O4. The highest BCUT2D eigenvalue weighted by Gasteiger charge is 2.25. The molecule has 0 radical (unpaired) electrons. The van der Waals surface area contributed by atoms with Crippen LogP contribution in [0.25, 0.3) is 0 Å². The lowest BCUT2D eigenvalue weighted by molar-refractivity contribution is -0.385. The third-order valence-electron chi connectivity index (χ3n) is 2.54. The first-order valence-corrected chi connectivity index (χ1v) is 5.08. The topological polar surface area (TPSA) is 87.6 Å². The summed E-state index contributed by atoms with van der Waals surface area (Å²) in [6, 6.07) is 2.44. The maximum absolute atomic E-state index is 11.0. The molecule has 2 N–H and O–H groups in total. The number of nitro groups is 1. The summed E-state index contributed by atoms with van der Waals surface area (Å²) in [5.74, 6) is 0.872. The number of hydrogen-bond acceptors (Lipinski definition) is 5. The number of nitro benzene ring substituents is 1. The van der Waals surface area contributed by atoms with Gasteiger partial charge in [0.1, 0.15) is 0 Å². The Kier molecular flexibility index (Phi) is 4.52. The highest BCUT2D eigenvalue weighted by molar-refractivity contribution is 5.85. The van der Waals surface area contributed by atoms with Gasteiger partial charge < -0.3 is 15.2 Å². The zero-order valence-corrected chi connectivity index (χ0v) is 10.3. The molecule has 7 heteroatoms. The van der Waals surface area contributed by atoms with Crippen LogP contribution in [0.2, 0.25) is 0 Å². The third-order valence-corrected chi connectivity index (χ3v) is 2.54. The Bertz CT molecular complexity index is 478. The number of fused-ring (bicyclic) bond motifs is 1. The third kappa shape index (κ3) is 2.55. The fraction of sp³-hybridized carbons (Fsp3) is 0.273. The molecule has 0 amide bonds. The van der Waals surface area contributed by atoms with Gasteiger partial charge in [0.15, 0.2) is 11.5 Å². The molecule has 0 saturated heterocycles. The van der Waals surface area contributed by atoms with Gasteiger partial charge in [-0.3, -0.25) is 10.1 Å². The second kappa shape index (κ2) is 5.70. The van der Waals surface area contributed by atoms with E-state index in [1.807, 2.05) is 0 Å². The standard InChI is InChI=1S/C11H12N2O4.ClH/c1-2-3-8(12)7-4-10-11(17-6-16-10)5-9(7)13(14)15;/h2,4-5,8H,1,3,6,12H2;1H/t8-;/m0./s1. The molecule has 0 unspecified atom stereocenters. The number of nitrogens with two attached hydrogens (primary N) is 1. The van der Waals surface area contributed by atoms with Gasteiger partial charge in [-0.1, -0.05) is 6.08 Å². The van der Waals surface area contributed by atoms with E-state index in [1.54, 1.807) is 12.1 Å². The first-order valence-electron chi connectivity index (χ1n) is 5.08. The van der Waals surface area contributed by atoms with E-state index in [0.717, 1.165) is 0 Å². The maximum Gasteiger partial charge on any atom is 0.278 e. The van der Waals surface area contributed by atoms with Crippen molar-refractivity contribution < 1.29 is 14.4 Å². The summed E-state index contributed by atoms with van der Waals surface area (Å²) in [6.45, 7) is 3.64. The van der Waals surface area contributed by atoms with E-state index < -0.39 is 11.0 Å². The number of ether oxygens (including phenoxy) is 2. The van der Waals surface area contributed by atoms with Crippen LogP contribution in [0.5, 0.6) is 11.5 Å². The predicted molar refractivity (Wildman–Crippen MR) is 68.2 cm³/mol. The first-order chi connectivity index (χ1) is 8.13. The quantitative estimate of drug-likeness (QED) is 0.516. The fourth-order valence-corrected chi connectivity index (χ4v) is 1.71. The van der Waals surface area contributed by atoms with E-state index in [1.165, 1.54) is 6.07 Å². The van der Waals surface area contributed by atoms with Crippen molar-refractivity contribution in [1.29, 1.82) is 0 Å². The van der Waals surface area contributed by atoms with Crippen LogP contribution in [0.3, 0.4) is 0 Å². The molecule has 0 saturated carbocycles. The summed E-state index contributed by atoms with van der Waals surface area (Å²) in [5.41, 5.74) is 6.24. The lowest BCUT2D eigenvalue weighted by Gasteiger charge is -2.10. The van der Waals surface area contributed by atoms with Crippen LogP contribution in [-0.4, -0.2) is 11.7 Å². The normalized spacial score (nSPS) is 13.6. The number of benzene rings is 1. The summed E-state index contributed by atoms with van der Waals surface area (Å²) in [5, 5.41) is 11.0. The maximum atomic E-state index is 11.0. The lowest BCUT2D eigenvalue weighted by atomic mass is 10.0. The summed E-state index contributed by atoms with van der Waals surface area (Å²) < 4.78 is 10.3. The predicted octanol–water partition coefficient (Wildman–Crippen LogP) is 2.32. The molecule has 1 atom stereocenters. The van der Waals surface area contributed by atoms with Gasteiger partial charge in [-0.2, -0.15) is 0 Å². The SMILES string of the molecule is C=CC[C@H](N)c1cc2c(cc1[N+](=O)[O-])OCO2.Cl. The van der Waals surface area contributed by atoms with Gasteiger partial charge in [-0.25, -0.2) is 0 Å². The first kappa shape index (κ1) is 14.3. The zero-order chi connectivity index (χ0) is 12.4. The molecule has 1 heterocycles. The average Bonchev–Trinajstić information content (AvgIpc) is 2.74. The summed E-state index contributed by atoms with van der Waals surface area (Å²) >= 11 is 0. The molecule has 1 aromatic rings. The second-order valence-corrected chi connectivity index (χ2v) is 3.65. The van der Waals surface area contributed by atoms with Gasteiger partial charge in [-0.15, -0.1) is 19.0 Å². The Labute approximate surface area is 110 Å². The summed E-state index contributed by atoms with van der Waals surface area (Å²) in [6.07, 6.45) is 2.08. The molecule has 6 nitrogen and oxygen atoms in total. The van der Waals surface area contributed by atoms with E-state index in [0.29, 0.717) is 23.5 Å². The monoisotopic (exact) mass is 272 g/mol. The molecule has 0 aromatic heterocycles. The molecular weight excluding hydrogens is 260 g/mol. The van der Waals surface area contributed by atoms with Crippen LogP contribution < -0.4 is 15.2 Å². The average molecular weight is 273 g/mol. The van der Waals surface area contributed by atoms with Crippen LogP contribution in [0.15, 0.2) is 24.8 Å². The Hall–Kier alpha value is -1.79. The van der Waals surface area contributed by atoms with Crippen LogP contribution in [-0.2, 0) is 0 Å². The lowest BCUT2D eigenvalue weighted by Crippen LogP contribution is -2.11. The van der Waals surface area contributed by atoms with E-state index in [9.17, 15) is 10.1 Å². The van der Waals surface area contributed by atoms with E-state index in [4.69, 9.17) is 15.2 Å². The minimum atomic E-state index is -0.472. The summed E-state index contributed by atoms with van der Waals surface area (Å²) in [7, 11) is 0. The van der Waals surface area contributed by atoms with Crippen molar-refractivity contribution >= 4 is 18.1 Å². The van der Waals surface area contributed by atoms with Crippen molar-refractivity contribution in [2.75, 3.05) is 6.79 Å². The molecule has 2 rings (SSSR count). The van der Waals surface area contributed by atoms with Crippen LogP contribution in [0.4, 0.5) is 5.69 Å². The Morgan fingerprint density at radius 3 is 2.67 bits per heavy atom. The van der Waals surface area contributed by atoms with Gasteiger partial charge in [0.2, 0.25) is 6.79 Å². The number of halogens is 1. The van der Waals surface area contributed by atoms with Gasteiger partial charge in [0, 0.05) is 6.04 Å². The zero-order valence-electron chi connectivity index (χ0n) is 9.50. The van der Waals surface area contributed by atoms with Crippen LogP contribution >= 0.6 is 12.4 Å². The molecule has 1 aliphatic rings. The minimum absolute atomic E-state index is 0. The van der Waals surface area contributed by atoms with E-state index in [-0.39, 0.29) is 24.9 Å². The smallest absolute Gasteiger partial charge is 0.278 e. The summed E-state index contributed by atoms with van der Waals surface area (Å²) in [4.78, 5) is 10.5. The van der Waals surface area contributed by atoms with Crippen molar-refractivity contribution in [2.45, 2.75) is 12.5 Å². The van der Waals surface area contributed by atoms with Crippen LogP contribution in [0.1, 0.15) is 18.0 Å². The highest BCUT2D eigenvalue weighted by Crippen LogP contribution is 2.40. The molecule has 0 spiro atoms. The fourth-order valence-electron chi connectivity index (χ4n) is 1.71. The Balaban J connectivity index is 0.00000162. The van der Waals surface area contributed by atoms with Crippen molar-refractivity contribution in [3.05, 3.63) is 40.5 Å².